The van der Waals surface area contributed by atoms with Gasteiger partial charge in [0.05, 0.1) is 6.10 Å². The van der Waals surface area contributed by atoms with Gasteiger partial charge in [0.1, 0.15) is 0 Å². The van der Waals surface area contributed by atoms with Crippen LogP contribution in [0.25, 0.3) is 0 Å². The molecule has 0 spiro atoms. The van der Waals surface area contributed by atoms with E-state index in [-0.39, 0.29) is 0 Å². The Kier molecular flexibility index (Phi) is 3.38. The Labute approximate surface area is 89.0 Å². The van der Waals surface area contributed by atoms with Gasteiger partial charge in [-0.25, -0.2) is 0 Å². The topological polar surface area (TPSA) is 9.23 Å². The molecular formula is C12H22OSi. The molecule has 0 aromatic heterocycles. The third-order valence-electron chi connectivity index (χ3n) is 2.67. The zero-order chi connectivity index (χ0) is 10.9. The van der Waals surface area contributed by atoms with Crippen LogP contribution in [0.1, 0.15) is 26.7 Å². The number of rotatable bonds is 3. The number of hydrogen-bond donors (Lipinski definition) is 0. The maximum absolute atomic E-state index is 6.13. The van der Waals surface area contributed by atoms with E-state index in [0.717, 1.165) is 12.8 Å². The minimum Gasteiger partial charge on any atom is -0.411 e. The Hall–Kier alpha value is -0.343. The van der Waals surface area contributed by atoms with E-state index in [1.165, 1.54) is 16.7 Å². The fourth-order valence-electron chi connectivity index (χ4n) is 2.06. The molecule has 1 aliphatic carbocycles. The monoisotopic (exact) mass is 210 g/mol. The molecule has 0 aromatic carbocycles. The zero-order valence-corrected chi connectivity index (χ0v) is 11.1. The van der Waals surface area contributed by atoms with E-state index in [2.05, 4.69) is 40.1 Å². The fraction of sp³-hybridized carbons (Fsp3) is 0.667. The zero-order valence-electron chi connectivity index (χ0n) is 10.1. The Morgan fingerprint density at radius 2 is 2.00 bits per heavy atom. The second-order valence-electron chi connectivity index (χ2n) is 5.04. The molecule has 0 radical (unpaired) electrons. The molecule has 0 heterocycles. The fourth-order valence-corrected chi connectivity index (χ4v) is 3.17. The molecule has 0 unspecified atom stereocenters. The summed E-state index contributed by atoms with van der Waals surface area (Å²) in [7, 11) is -1.41. The highest BCUT2D eigenvalue weighted by Crippen LogP contribution is 2.35. The Morgan fingerprint density at radius 1 is 1.43 bits per heavy atom. The molecular weight excluding hydrogens is 188 g/mol. The Morgan fingerprint density at radius 3 is 2.36 bits per heavy atom. The summed E-state index contributed by atoms with van der Waals surface area (Å²) in [5.41, 5.74) is 4.14. The van der Waals surface area contributed by atoms with Gasteiger partial charge >= 0.3 is 0 Å². The van der Waals surface area contributed by atoms with Crippen molar-refractivity contribution >= 4 is 8.32 Å². The first-order chi connectivity index (χ1) is 6.35. The molecule has 80 valence electrons. The molecule has 0 aromatic rings. The van der Waals surface area contributed by atoms with Gasteiger partial charge in [-0.15, -0.1) is 0 Å². The maximum Gasteiger partial charge on any atom is 0.184 e. The van der Waals surface area contributed by atoms with E-state index in [1.807, 2.05) is 0 Å². The first-order valence-electron chi connectivity index (χ1n) is 5.40. The Bertz CT molecular complexity index is 271. The second kappa shape index (κ2) is 4.03. The van der Waals surface area contributed by atoms with Crippen molar-refractivity contribution in [2.24, 2.45) is 0 Å². The van der Waals surface area contributed by atoms with Gasteiger partial charge in [0.25, 0.3) is 0 Å². The number of allylic oxidation sites excluding steroid dienone is 1. The van der Waals surface area contributed by atoms with Gasteiger partial charge in [0, 0.05) is 6.42 Å². The first-order valence-corrected chi connectivity index (χ1v) is 8.81. The average molecular weight is 210 g/mol. The maximum atomic E-state index is 6.13. The molecule has 0 saturated carbocycles. The lowest BCUT2D eigenvalue weighted by atomic mass is 10.1. The van der Waals surface area contributed by atoms with Crippen molar-refractivity contribution in [1.82, 2.24) is 0 Å². The van der Waals surface area contributed by atoms with Crippen LogP contribution in [0.3, 0.4) is 0 Å². The van der Waals surface area contributed by atoms with Gasteiger partial charge in [0.2, 0.25) is 0 Å². The highest BCUT2D eigenvalue weighted by atomic mass is 28.4. The van der Waals surface area contributed by atoms with E-state index in [0.29, 0.717) is 6.10 Å². The second-order valence-corrected chi connectivity index (χ2v) is 9.50. The molecule has 14 heavy (non-hydrogen) atoms. The van der Waals surface area contributed by atoms with E-state index >= 15 is 0 Å². The molecule has 0 aliphatic heterocycles. The molecule has 1 nitrogen and oxygen atoms in total. The van der Waals surface area contributed by atoms with E-state index in [9.17, 15) is 0 Å². The van der Waals surface area contributed by atoms with Crippen molar-refractivity contribution in [3.63, 3.8) is 0 Å². The molecule has 0 amide bonds. The summed E-state index contributed by atoms with van der Waals surface area (Å²) in [5, 5.41) is 0. The van der Waals surface area contributed by atoms with Crippen LogP contribution >= 0.6 is 0 Å². The van der Waals surface area contributed by atoms with Crippen LogP contribution in [0.2, 0.25) is 19.6 Å². The van der Waals surface area contributed by atoms with Crippen LogP contribution in [0.4, 0.5) is 0 Å². The lowest BCUT2D eigenvalue weighted by molar-refractivity contribution is 0.238. The van der Waals surface area contributed by atoms with Crippen LogP contribution in [0.5, 0.6) is 0 Å². The van der Waals surface area contributed by atoms with Crippen molar-refractivity contribution in [2.75, 3.05) is 0 Å². The quantitative estimate of drug-likeness (QED) is 0.642. The smallest absolute Gasteiger partial charge is 0.184 e. The van der Waals surface area contributed by atoms with Gasteiger partial charge in [-0.3, -0.25) is 0 Å². The van der Waals surface area contributed by atoms with E-state index in [4.69, 9.17) is 4.43 Å². The van der Waals surface area contributed by atoms with Crippen molar-refractivity contribution < 1.29 is 4.43 Å². The molecule has 0 N–H and O–H groups in total. The van der Waals surface area contributed by atoms with Crippen LogP contribution in [0, 0.1) is 0 Å². The average Bonchev–Trinajstić information content (AvgIpc) is 2.24. The molecule has 1 aliphatic rings. The van der Waals surface area contributed by atoms with Gasteiger partial charge < -0.3 is 4.43 Å². The predicted octanol–water partition coefficient (Wildman–Crippen LogP) is 3.89. The van der Waals surface area contributed by atoms with Crippen molar-refractivity contribution in [3.05, 3.63) is 23.3 Å². The first kappa shape index (κ1) is 11.7. The lowest BCUT2D eigenvalue weighted by Crippen LogP contribution is -2.31. The third-order valence-corrected chi connectivity index (χ3v) is 3.66. The summed E-state index contributed by atoms with van der Waals surface area (Å²) >= 11 is 0. The molecule has 1 atom stereocenters. The third kappa shape index (κ3) is 2.58. The summed E-state index contributed by atoms with van der Waals surface area (Å²) in [6, 6.07) is 0. The molecule has 0 fully saturated rings. The lowest BCUT2D eigenvalue weighted by Gasteiger charge is -2.24. The van der Waals surface area contributed by atoms with Crippen LogP contribution in [0.15, 0.2) is 23.3 Å². The van der Waals surface area contributed by atoms with Gasteiger partial charge in [-0.1, -0.05) is 13.5 Å². The normalized spacial score (nSPS) is 23.5. The highest BCUT2D eigenvalue weighted by Gasteiger charge is 2.29. The van der Waals surface area contributed by atoms with Crippen LogP contribution in [-0.2, 0) is 4.43 Å². The summed E-state index contributed by atoms with van der Waals surface area (Å²) < 4.78 is 6.13. The van der Waals surface area contributed by atoms with Gasteiger partial charge in [0.15, 0.2) is 8.32 Å². The molecule has 2 heteroatoms. The summed E-state index contributed by atoms with van der Waals surface area (Å²) in [6.07, 6.45) is 2.43. The summed E-state index contributed by atoms with van der Waals surface area (Å²) in [4.78, 5) is 0. The van der Waals surface area contributed by atoms with E-state index in [1.54, 1.807) is 0 Å². The summed E-state index contributed by atoms with van der Waals surface area (Å²) in [5.74, 6) is 0. The SMILES string of the molecule is C=C1C[C@H](O[Si](C)(C)C)C(C)=C1CC. The summed E-state index contributed by atoms with van der Waals surface area (Å²) in [6.45, 7) is 15.2. The van der Waals surface area contributed by atoms with Gasteiger partial charge in [-0.2, -0.15) is 0 Å². The minimum absolute atomic E-state index is 0.323. The highest BCUT2D eigenvalue weighted by molar-refractivity contribution is 6.69. The standard InChI is InChI=1S/C12H22OSi/c1-7-11-9(2)8-12(10(11)3)13-14(4,5)6/h12H,2,7-8H2,1,3-6H3/t12-/m0/s1. The molecule has 1 rings (SSSR count). The Balaban J connectivity index is 2.77. The van der Waals surface area contributed by atoms with Crippen molar-refractivity contribution in [3.8, 4) is 0 Å². The molecule has 0 saturated heterocycles. The number of hydrogen-bond acceptors (Lipinski definition) is 1. The van der Waals surface area contributed by atoms with Crippen LogP contribution in [-0.4, -0.2) is 14.4 Å². The van der Waals surface area contributed by atoms with E-state index < -0.39 is 8.32 Å². The van der Waals surface area contributed by atoms with Crippen molar-refractivity contribution in [2.45, 2.75) is 52.4 Å². The molecule has 0 bridgehead atoms. The van der Waals surface area contributed by atoms with Gasteiger partial charge in [-0.05, 0) is 49.7 Å². The minimum atomic E-state index is -1.41. The van der Waals surface area contributed by atoms with Crippen molar-refractivity contribution in [1.29, 1.82) is 0 Å². The van der Waals surface area contributed by atoms with Crippen LogP contribution < -0.4 is 0 Å². The largest absolute Gasteiger partial charge is 0.411 e. The predicted molar refractivity (Wildman–Crippen MR) is 65.0 cm³/mol.